The van der Waals surface area contributed by atoms with Gasteiger partial charge in [0.05, 0.1) is 12.5 Å². The highest BCUT2D eigenvalue weighted by molar-refractivity contribution is 5.83. The van der Waals surface area contributed by atoms with Crippen molar-refractivity contribution in [2.24, 2.45) is 0 Å². The maximum Gasteiger partial charge on any atom is 0.225 e. The molecule has 2 heterocycles. The molecular formula is C32H29FN2O4. The van der Waals surface area contributed by atoms with E-state index in [-0.39, 0.29) is 29.7 Å². The second-order valence-corrected chi connectivity index (χ2v) is 10.1. The predicted octanol–water partition coefficient (Wildman–Crippen LogP) is 5.53. The van der Waals surface area contributed by atoms with Crippen molar-refractivity contribution in [2.75, 3.05) is 0 Å². The van der Waals surface area contributed by atoms with Crippen LogP contribution in [0.4, 0.5) is 4.39 Å². The summed E-state index contributed by atoms with van der Waals surface area (Å²) in [5, 5.41) is 26.3. The molecule has 2 unspecified atom stereocenters. The Bertz CT molecular complexity index is 1660. The van der Waals surface area contributed by atoms with E-state index in [0.717, 1.165) is 40.2 Å². The molecule has 198 valence electrons. The molecule has 2 atom stereocenters. The van der Waals surface area contributed by atoms with Crippen molar-refractivity contribution >= 4 is 16.9 Å². The highest BCUT2D eigenvalue weighted by Gasteiger charge is 2.34. The number of carbonyl (C=O) groups is 1. The lowest BCUT2D eigenvalue weighted by atomic mass is 9.93. The number of nitrogens with zero attached hydrogens (tertiary/aromatic N) is 1. The van der Waals surface area contributed by atoms with Gasteiger partial charge in [-0.1, -0.05) is 60.2 Å². The molecular weight excluding hydrogens is 495 g/mol. The van der Waals surface area contributed by atoms with Gasteiger partial charge in [-0.2, -0.15) is 9.12 Å². The van der Waals surface area contributed by atoms with Gasteiger partial charge in [-0.15, -0.1) is 0 Å². The van der Waals surface area contributed by atoms with E-state index < -0.39 is 11.4 Å². The van der Waals surface area contributed by atoms with E-state index in [1.807, 2.05) is 56.3 Å². The zero-order valence-electron chi connectivity index (χ0n) is 21.9. The number of fused-ring (bicyclic) bond motifs is 1. The van der Waals surface area contributed by atoms with Crippen LogP contribution in [-0.4, -0.2) is 11.0 Å². The summed E-state index contributed by atoms with van der Waals surface area (Å²) in [5.41, 5.74) is 3.66. The van der Waals surface area contributed by atoms with Crippen molar-refractivity contribution < 1.29 is 23.4 Å². The van der Waals surface area contributed by atoms with Gasteiger partial charge in [-0.3, -0.25) is 4.79 Å². The summed E-state index contributed by atoms with van der Waals surface area (Å²) in [6, 6.07) is 24.0. The Morgan fingerprint density at radius 2 is 1.85 bits per heavy atom. The molecule has 0 saturated heterocycles. The number of aromatic nitrogens is 1. The molecule has 39 heavy (non-hydrogen) atoms. The molecule has 0 fully saturated rings. The van der Waals surface area contributed by atoms with Gasteiger partial charge >= 0.3 is 0 Å². The summed E-state index contributed by atoms with van der Waals surface area (Å²) in [5.74, 6) is -0.857. The molecule has 5 aromatic rings. The van der Waals surface area contributed by atoms with Crippen LogP contribution in [0.1, 0.15) is 52.1 Å². The maximum atomic E-state index is 14.4. The number of halogens is 1. The van der Waals surface area contributed by atoms with Gasteiger partial charge in [0.2, 0.25) is 12.1 Å². The first-order chi connectivity index (χ1) is 18.6. The van der Waals surface area contributed by atoms with Crippen LogP contribution in [0.15, 0.2) is 95.7 Å². The lowest BCUT2D eigenvalue weighted by molar-refractivity contribution is -0.607. The Kier molecular flexibility index (Phi) is 6.93. The summed E-state index contributed by atoms with van der Waals surface area (Å²) in [6.07, 6.45) is 2.01. The number of furan rings is 1. The third-order valence-corrected chi connectivity index (χ3v) is 7.01. The van der Waals surface area contributed by atoms with Gasteiger partial charge in [-0.25, -0.2) is 0 Å². The molecule has 0 spiro atoms. The predicted molar refractivity (Wildman–Crippen MR) is 146 cm³/mol. The van der Waals surface area contributed by atoms with Gasteiger partial charge in [0.1, 0.15) is 16.9 Å². The van der Waals surface area contributed by atoms with Crippen molar-refractivity contribution in [3.05, 3.63) is 141 Å². The summed E-state index contributed by atoms with van der Waals surface area (Å²) in [4.78, 5) is 13.3. The Morgan fingerprint density at radius 1 is 1.08 bits per heavy atom. The largest absolute Gasteiger partial charge is 0.619 e. The van der Waals surface area contributed by atoms with Crippen LogP contribution in [0, 0.1) is 24.9 Å². The second kappa shape index (κ2) is 10.3. The van der Waals surface area contributed by atoms with Crippen molar-refractivity contribution in [3.63, 3.8) is 0 Å². The minimum absolute atomic E-state index is 0.0772. The monoisotopic (exact) mass is 524 g/mol. The SMILES string of the molecule is Cc1ccc(C(NC(=O)Cc2ccc3oc(C(C)(O)c4cc[n+]([O-])cc4F)cc3c2)c2ccccc2)c(C)c1. The third kappa shape index (κ3) is 5.40. The van der Waals surface area contributed by atoms with Crippen LogP contribution >= 0.6 is 0 Å². The smallest absolute Gasteiger partial charge is 0.225 e. The molecule has 0 aliphatic heterocycles. The molecule has 0 aliphatic rings. The molecule has 0 radical (unpaired) electrons. The highest BCUT2D eigenvalue weighted by atomic mass is 19.1. The molecule has 0 saturated carbocycles. The maximum absolute atomic E-state index is 14.4. The molecule has 1 amide bonds. The van der Waals surface area contributed by atoms with E-state index in [2.05, 4.69) is 17.4 Å². The number of nitrogens with one attached hydrogen (secondary N) is 1. The Morgan fingerprint density at radius 3 is 2.56 bits per heavy atom. The van der Waals surface area contributed by atoms with E-state index >= 15 is 0 Å². The quantitative estimate of drug-likeness (QED) is 0.217. The number of pyridine rings is 1. The standard InChI is InChI=1S/C32H29FN2O4/c1-20-9-11-25(21(2)15-20)31(23-7-5-4-6-8-23)34-30(36)17-22-10-12-28-24(16-22)18-29(39-28)32(3,37)26-13-14-35(38)19-27(26)33/h4-16,18-19,31,37H,17H2,1-3H3,(H,34,36). The molecule has 0 bridgehead atoms. The molecule has 5 rings (SSSR count). The molecule has 2 aromatic heterocycles. The van der Waals surface area contributed by atoms with E-state index in [0.29, 0.717) is 15.7 Å². The van der Waals surface area contributed by atoms with E-state index in [1.165, 1.54) is 13.0 Å². The fourth-order valence-corrected chi connectivity index (χ4v) is 4.96. The van der Waals surface area contributed by atoms with Gasteiger partial charge in [0, 0.05) is 17.0 Å². The number of benzene rings is 3. The number of amides is 1. The Balaban J connectivity index is 1.39. The number of rotatable bonds is 7. The molecule has 2 N–H and O–H groups in total. The number of aryl methyl sites for hydroxylation is 2. The molecule has 6 nitrogen and oxygen atoms in total. The molecule has 7 heteroatoms. The van der Waals surface area contributed by atoms with Crippen LogP contribution in [0.25, 0.3) is 11.0 Å². The van der Waals surface area contributed by atoms with Crippen molar-refractivity contribution in [1.29, 1.82) is 0 Å². The average Bonchev–Trinajstić information content (AvgIpc) is 3.32. The van der Waals surface area contributed by atoms with Gasteiger partial charge in [0.15, 0.2) is 12.0 Å². The highest BCUT2D eigenvalue weighted by Crippen LogP contribution is 2.34. The molecule has 3 aromatic carbocycles. The Hall–Kier alpha value is -4.49. The summed E-state index contributed by atoms with van der Waals surface area (Å²) in [6.45, 7) is 5.49. The number of hydrogen-bond donors (Lipinski definition) is 2. The van der Waals surface area contributed by atoms with Gasteiger partial charge < -0.3 is 20.0 Å². The first-order valence-electron chi connectivity index (χ1n) is 12.7. The number of carbonyl (C=O) groups excluding carboxylic acids is 1. The van der Waals surface area contributed by atoms with Crippen LogP contribution in [0.2, 0.25) is 0 Å². The van der Waals surface area contributed by atoms with Crippen LogP contribution < -0.4 is 10.0 Å². The normalized spacial score (nSPS) is 13.7. The minimum atomic E-state index is -1.80. The fraction of sp³-hybridized carbons (Fsp3) is 0.188. The summed E-state index contributed by atoms with van der Waals surface area (Å²) >= 11 is 0. The van der Waals surface area contributed by atoms with Crippen molar-refractivity contribution in [3.8, 4) is 0 Å². The van der Waals surface area contributed by atoms with Gasteiger partial charge in [0.25, 0.3) is 0 Å². The lowest BCUT2D eigenvalue weighted by Gasteiger charge is -2.22. The van der Waals surface area contributed by atoms with Crippen molar-refractivity contribution in [2.45, 2.75) is 38.8 Å². The lowest BCUT2D eigenvalue weighted by Crippen LogP contribution is -2.31. The van der Waals surface area contributed by atoms with E-state index in [1.54, 1.807) is 18.2 Å². The zero-order chi connectivity index (χ0) is 27.7. The minimum Gasteiger partial charge on any atom is -0.619 e. The number of hydrogen-bond acceptors (Lipinski definition) is 4. The van der Waals surface area contributed by atoms with Crippen molar-refractivity contribution in [1.82, 2.24) is 5.32 Å². The van der Waals surface area contributed by atoms with Crippen LogP contribution in [0.3, 0.4) is 0 Å². The first kappa shape index (κ1) is 26.1. The van der Waals surface area contributed by atoms with Crippen LogP contribution in [-0.2, 0) is 16.8 Å². The summed E-state index contributed by atoms with van der Waals surface area (Å²) in [7, 11) is 0. The average molecular weight is 525 g/mol. The second-order valence-electron chi connectivity index (χ2n) is 10.1. The van der Waals surface area contributed by atoms with Crippen LogP contribution in [0.5, 0.6) is 0 Å². The summed E-state index contributed by atoms with van der Waals surface area (Å²) < 4.78 is 20.6. The fourth-order valence-electron chi connectivity index (χ4n) is 4.96. The first-order valence-corrected chi connectivity index (χ1v) is 12.7. The number of aliphatic hydroxyl groups is 1. The molecule has 0 aliphatic carbocycles. The zero-order valence-corrected chi connectivity index (χ0v) is 21.9. The van der Waals surface area contributed by atoms with E-state index in [9.17, 15) is 19.5 Å². The van der Waals surface area contributed by atoms with Gasteiger partial charge in [-0.05, 0) is 61.2 Å². The third-order valence-electron chi connectivity index (χ3n) is 7.01. The van der Waals surface area contributed by atoms with E-state index in [4.69, 9.17) is 4.42 Å². The topological polar surface area (TPSA) is 89.4 Å². The Labute approximate surface area is 225 Å².